The van der Waals surface area contributed by atoms with Gasteiger partial charge in [-0.05, 0) is 51.4 Å². The number of likely N-dealkylation sites (N-methyl/N-ethyl adjacent to an activating group) is 1. The van der Waals surface area contributed by atoms with Gasteiger partial charge in [-0.1, -0.05) is 145 Å². The van der Waals surface area contributed by atoms with Crippen molar-refractivity contribution in [1.82, 2.24) is 0 Å². The summed E-state index contributed by atoms with van der Waals surface area (Å²) in [5.41, 5.74) is 0. The Morgan fingerprint density at radius 1 is 0.661 bits per heavy atom. The van der Waals surface area contributed by atoms with E-state index in [4.69, 9.17) is 23.3 Å². The van der Waals surface area contributed by atoms with Crippen LogP contribution in [0.5, 0.6) is 0 Å². The third-order valence-corrected chi connectivity index (χ3v) is 10.2. The summed E-state index contributed by atoms with van der Waals surface area (Å²) in [6.07, 6.45) is 41.8. The molecule has 11 heteroatoms. The molecule has 1 N–H and O–H groups in total. The number of quaternary nitrogens is 1. The Hall–Kier alpha value is -2.33. The predicted molar refractivity (Wildman–Crippen MR) is 228 cm³/mol. The first-order valence-electron chi connectivity index (χ1n) is 21.6. The molecule has 1 heterocycles. The Bertz CT molecular complexity index is 1210. The summed E-state index contributed by atoms with van der Waals surface area (Å²) in [7, 11) is 1.43. The minimum absolute atomic E-state index is 0.0172. The van der Waals surface area contributed by atoms with Crippen LogP contribution >= 0.6 is 7.82 Å². The molecule has 1 fully saturated rings. The molecule has 4 atom stereocenters. The quantitative estimate of drug-likeness (QED) is 0.0163. The van der Waals surface area contributed by atoms with Crippen molar-refractivity contribution in [2.24, 2.45) is 0 Å². The summed E-state index contributed by atoms with van der Waals surface area (Å²) in [6, 6.07) is 0. The van der Waals surface area contributed by atoms with Gasteiger partial charge in [0, 0.05) is 12.8 Å². The normalized spacial score (nSPS) is 17.8. The van der Waals surface area contributed by atoms with E-state index < -0.39 is 32.5 Å². The van der Waals surface area contributed by atoms with Gasteiger partial charge < -0.3 is 23.6 Å². The number of unbranched alkanes of at least 4 members (excludes halogenated alkanes) is 11. The first-order chi connectivity index (χ1) is 27.0. The maximum atomic E-state index is 12.6. The lowest BCUT2D eigenvalue weighted by atomic mass is 10.0. The molecule has 0 aromatic carbocycles. The summed E-state index contributed by atoms with van der Waals surface area (Å²) in [6.45, 7) is 4.19. The van der Waals surface area contributed by atoms with E-state index in [2.05, 4.69) is 62.5 Å². The first-order valence-corrected chi connectivity index (χ1v) is 23.1. The lowest BCUT2D eigenvalue weighted by molar-refractivity contribution is -0.870. The topological polar surface area (TPSA) is 121 Å². The molecule has 3 unspecified atom stereocenters. The number of carbonyl (C=O) groups excluding carboxylic acids is 2. The van der Waals surface area contributed by atoms with Crippen molar-refractivity contribution < 1.29 is 46.8 Å². The number of ether oxygens (including phenoxy) is 3. The maximum absolute atomic E-state index is 12.6. The highest BCUT2D eigenvalue weighted by Gasteiger charge is 2.36. The Labute approximate surface area is 341 Å². The van der Waals surface area contributed by atoms with E-state index in [9.17, 15) is 19.0 Å². The lowest BCUT2D eigenvalue weighted by Crippen LogP contribution is -2.37. The van der Waals surface area contributed by atoms with Crippen LogP contribution in [0.2, 0.25) is 0 Å². The number of esters is 2. The summed E-state index contributed by atoms with van der Waals surface area (Å²) in [4.78, 5) is 35.3. The number of epoxide rings is 1. The maximum Gasteiger partial charge on any atom is 0.472 e. The van der Waals surface area contributed by atoms with Crippen LogP contribution < -0.4 is 0 Å². The van der Waals surface area contributed by atoms with E-state index in [1.165, 1.54) is 51.4 Å². The van der Waals surface area contributed by atoms with Crippen molar-refractivity contribution in [3.05, 3.63) is 60.8 Å². The fourth-order valence-electron chi connectivity index (χ4n) is 5.73. The third-order valence-electron chi connectivity index (χ3n) is 9.23. The van der Waals surface area contributed by atoms with E-state index in [0.29, 0.717) is 36.1 Å². The number of carbonyl (C=O) groups is 2. The summed E-state index contributed by atoms with van der Waals surface area (Å²) in [5.74, 6) is -0.904. The lowest BCUT2D eigenvalue weighted by Gasteiger charge is -2.24. The van der Waals surface area contributed by atoms with Gasteiger partial charge in [-0.15, -0.1) is 0 Å². The number of phosphoric ester groups is 1. The average Bonchev–Trinajstić information content (AvgIpc) is 3.90. The van der Waals surface area contributed by atoms with Crippen LogP contribution in [-0.4, -0.2) is 87.1 Å². The molecule has 0 saturated carbocycles. The van der Waals surface area contributed by atoms with Crippen LogP contribution in [0.25, 0.3) is 0 Å². The van der Waals surface area contributed by atoms with Crippen molar-refractivity contribution >= 4 is 19.8 Å². The van der Waals surface area contributed by atoms with Crippen LogP contribution in [0.3, 0.4) is 0 Å². The summed E-state index contributed by atoms with van der Waals surface area (Å²) < 4.78 is 39.8. The summed E-state index contributed by atoms with van der Waals surface area (Å²) in [5, 5.41) is 0. The highest BCUT2D eigenvalue weighted by Crippen LogP contribution is 2.43. The zero-order valence-electron chi connectivity index (χ0n) is 35.8. The largest absolute Gasteiger partial charge is 0.472 e. The van der Waals surface area contributed by atoms with Gasteiger partial charge in [0.15, 0.2) is 6.10 Å². The average molecular weight is 809 g/mol. The zero-order valence-corrected chi connectivity index (χ0v) is 36.7. The molecule has 0 spiro atoms. The van der Waals surface area contributed by atoms with Gasteiger partial charge in [0.25, 0.3) is 0 Å². The standard InChI is InChI=1S/C45H78NO9P/c1-6-8-10-11-12-13-14-18-22-25-28-32-36-45(48)54-41(40-53-56(49,50)52-38-37-46(3,4)5)39-51-44(47)35-31-27-24-21-19-16-15-17-20-23-26-30-34-43-42(55-43)33-29-9-7-2/h9,16-17,19-20,24,26-27,29-30,41-43H,6-8,10-15,18,21-23,25,28,31-40H2,1-5H3/p+1/b19-16-,20-17-,27-24-,29-9-,30-26-/t41-,42?,43?/m1/s1. The fraction of sp³-hybridized carbons (Fsp3) is 0.733. The molecule has 10 nitrogen and oxygen atoms in total. The molecule has 1 rings (SSSR count). The molecule has 56 heavy (non-hydrogen) atoms. The molecule has 0 radical (unpaired) electrons. The molecule has 0 bridgehead atoms. The van der Waals surface area contributed by atoms with Gasteiger partial charge in [-0.3, -0.25) is 18.6 Å². The van der Waals surface area contributed by atoms with Gasteiger partial charge in [0.1, 0.15) is 19.8 Å². The van der Waals surface area contributed by atoms with Gasteiger partial charge in [-0.2, -0.15) is 0 Å². The van der Waals surface area contributed by atoms with Crippen molar-refractivity contribution in [2.75, 3.05) is 47.5 Å². The molecule has 0 aromatic rings. The fourth-order valence-corrected chi connectivity index (χ4v) is 6.47. The minimum Gasteiger partial charge on any atom is -0.462 e. The number of nitrogens with zero attached hydrogens (tertiary/aromatic N) is 1. The van der Waals surface area contributed by atoms with E-state index in [-0.39, 0.29) is 26.1 Å². The number of hydrogen-bond donors (Lipinski definition) is 1. The van der Waals surface area contributed by atoms with Crippen LogP contribution in [-0.2, 0) is 37.4 Å². The number of phosphoric acid groups is 1. The third kappa shape index (κ3) is 33.8. The molecular weight excluding hydrogens is 729 g/mol. The van der Waals surface area contributed by atoms with Gasteiger partial charge in [0.05, 0.1) is 40.0 Å². The van der Waals surface area contributed by atoms with Crippen molar-refractivity contribution in [3.8, 4) is 0 Å². The number of rotatable bonds is 37. The predicted octanol–water partition coefficient (Wildman–Crippen LogP) is 11.1. The minimum atomic E-state index is -4.39. The molecule has 322 valence electrons. The molecule has 0 aromatic heterocycles. The molecule has 0 amide bonds. The first kappa shape index (κ1) is 51.7. The number of allylic oxidation sites excluding steroid dienone is 8. The van der Waals surface area contributed by atoms with E-state index >= 15 is 0 Å². The van der Waals surface area contributed by atoms with Crippen LogP contribution in [0.4, 0.5) is 0 Å². The highest BCUT2D eigenvalue weighted by atomic mass is 31.2. The SMILES string of the molecule is CC/C=C\CC1OC1C/C=C\C/C=C\C/C=C\C/C=C\CCC(=O)OC[C@H](COP(=O)(O)OCC[N+](C)(C)C)OC(=O)CCCCCCCCCCCCCC. The molecular formula is C45H79NO9P+. The van der Waals surface area contributed by atoms with Crippen molar-refractivity contribution in [1.29, 1.82) is 0 Å². The molecule has 1 aliphatic heterocycles. The monoisotopic (exact) mass is 809 g/mol. The molecule has 1 saturated heterocycles. The smallest absolute Gasteiger partial charge is 0.462 e. The second-order valence-electron chi connectivity index (χ2n) is 15.7. The second kappa shape index (κ2) is 33.6. The zero-order chi connectivity index (χ0) is 41.2. The van der Waals surface area contributed by atoms with Crippen molar-refractivity contribution in [3.63, 3.8) is 0 Å². The Kier molecular flexibility index (Phi) is 31.0. The van der Waals surface area contributed by atoms with Gasteiger partial charge in [-0.25, -0.2) is 4.57 Å². The van der Waals surface area contributed by atoms with Crippen LogP contribution in [0.1, 0.15) is 149 Å². The number of hydrogen-bond acceptors (Lipinski definition) is 8. The van der Waals surface area contributed by atoms with Crippen molar-refractivity contribution in [2.45, 2.75) is 167 Å². The van der Waals surface area contributed by atoms with Crippen LogP contribution in [0.15, 0.2) is 60.8 Å². The van der Waals surface area contributed by atoms with Crippen LogP contribution in [0, 0.1) is 0 Å². The van der Waals surface area contributed by atoms with Gasteiger partial charge in [0.2, 0.25) is 0 Å². The van der Waals surface area contributed by atoms with E-state index in [0.717, 1.165) is 57.8 Å². The molecule has 1 aliphatic rings. The summed E-state index contributed by atoms with van der Waals surface area (Å²) >= 11 is 0. The Balaban J connectivity index is 2.32. The Morgan fingerprint density at radius 2 is 1.18 bits per heavy atom. The highest BCUT2D eigenvalue weighted by molar-refractivity contribution is 7.47. The Morgan fingerprint density at radius 3 is 1.73 bits per heavy atom. The second-order valence-corrected chi connectivity index (χ2v) is 17.2. The van der Waals surface area contributed by atoms with E-state index in [1.54, 1.807) is 0 Å². The van der Waals surface area contributed by atoms with Gasteiger partial charge >= 0.3 is 19.8 Å². The molecule has 0 aliphatic carbocycles. The van der Waals surface area contributed by atoms with E-state index in [1.807, 2.05) is 33.3 Å².